The maximum Gasteiger partial charge on any atom is 0.242 e. The third kappa shape index (κ3) is 5.14. The Balaban J connectivity index is 1.64. The van der Waals surface area contributed by atoms with Gasteiger partial charge in [0.1, 0.15) is 11.6 Å². The maximum absolute atomic E-state index is 12.6. The molecule has 2 heterocycles. The molecule has 0 fully saturated rings. The van der Waals surface area contributed by atoms with Crippen molar-refractivity contribution in [3.63, 3.8) is 0 Å². The molecule has 9 nitrogen and oxygen atoms in total. The van der Waals surface area contributed by atoms with E-state index < -0.39 is 10.0 Å². The molecule has 0 aliphatic heterocycles. The summed E-state index contributed by atoms with van der Waals surface area (Å²) in [5.41, 5.74) is 2.57. The maximum atomic E-state index is 12.6. The molecule has 4 rings (SSSR count). The van der Waals surface area contributed by atoms with Crippen LogP contribution in [0.1, 0.15) is 32.5 Å². The standard InChI is InChI=1S/C25H32N6O3S2/c1-6-8-15-31-24(18-9-11-19(34-5)12-10-18)27-28-25(31)35-17-23-26-21-16-20(36(32,33)29(3)4)13-14-22(21)30(23)7-2/h9-14,16H,6-8,15,17H2,1-5H3. The Kier molecular flexibility index (Phi) is 8.01. The minimum atomic E-state index is -3.53. The fraction of sp³-hybridized carbons (Fsp3) is 0.400. The zero-order valence-corrected chi connectivity index (χ0v) is 22.9. The quantitative estimate of drug-likeness (QED) is 0.261. The topological polar surface area (TPSA) is 95.1 Å². The highest BCUT2D eigenvalue weighted by Crippen LogP contribution is 2.30. The molecule has 36 heavy (non-hydrogen) atoms. The van der Waals surface area contributed by atoms with Crippen molar-refractivity contribution in [1.82, 2.24) is 28.6 Å². The summed E-state index contributed by atoms with van der Waals surface area (Å²) < 4.78 is 36.0. The van der Waals surface area contributed by atoms with Crippen LogP contribution in [-0.2, 0) is 28.9 Å². The molecule has 2 aromatic heterocycles. The van der Waals surface area contributed by atoms with Gasteiger partial charge in [-0.1, -0.05) is 25.1 Å². The SMILES string of the molecule is CCCCn1c(SCc2nc3cc(S(=O)(=O)N(C)C)ccc3n2CC)nnc1-c1ccc(OC)cc1. The van der Waals surface area contributed by atoms with Crippen molar-refractivity contribution in [2.45, 2.75) is 55.6 Å². The van der Waals surface area contributed by atoms with Gasteiger partial charge < -0.3 is 13.9 Å². The van der Waals surface area contributed by atoms with Gasteiger partial charge in [0.25, 0.3) is 0 Å². The number of fused-ring (bicyclic) bond motifs is 1. The Morgan fingerprint density at radius 3 is 2.42 bits per heavy atom. The lowest BCUT2D eigenvalue weighted by Crippen LogP contribution is -2.22. The van der Waals surface area contributed by atoms with E-state index in [0.717, 1.165) is 59.6 Å². The van der Waals surface area contributed by atoms with Gasteiger partial charge in [-0.3, -0.25) is 0 Å². The summed E-state index contributed by atoms with van der Waals surface area (Å²) in [5.74, 6) is 3.09. The van der Waals surface area contributed by atoms with Crippen LogP contribution in [0.3, 0.4) is 0 Å². The number of methoxy groups -OCH3 is 1. The number of hydrogen-bond acceptors (Lipinski definition) is 7. The van der Waals surface area contributed by atoms with E-state index >= 15 is 0 Å². The van der Waals surface area contributed by atoms with Crippen LogP contribution in [0.15, 0.2) is 52.5 Å². The first kappa shape index (κ1) is 26.2. The predicted molar refractivity (Wildman–Crippen MR) is 143 cm³/mol. The zero-order valence-electron chi connectivity index (χ0n) is 21.3. The lowest BCUT2D eigenvalue weighted by molar-refractivity contribution is 0.415. The van der Waals surface area contributed by atoms with Crippen LogP contribution < -0.4 is 4.74 Å². The van der Waals surface area contributed by atoms with Gasteiger partial charge in [-0.05, 0) is 55.8 Å². The molecule has 2 aromatic carbocycles. The van der Waals surface area contributed by atoms with E-state index in [1.54, 1.807) is 31.0 Å². The summed E-state index contributed by atoms with van der Waals surface area (Å²) in [6.45, 7) is 5.78. The molecule has 0 saturated carbocycles. The number of hydrogen-bond donors (Lipinski definition) is 0. The van der Waals surface area contributed by atoms with Crippen molar-refractivity contribution in [2.75, 3.05) is 21.2 Å². The highest BCUT2D eigenvalue weighted by molar-refractivity contribution is 7.98. The Bertz CT molecular complexity index is 1440. The van der Waals surface area contributed by atoms with Crippen LogP contribution >= 0.6 is 11.8 Å². The van der Waals surface area contributed by atoms with Crippen molar-refractivity contribution < 1.29 is 13.2 Å². The molecular formula is C25H32N6O3S2. The number of ether oxygens (including phenoxy) is 1. The third-order valence-electron chi connectivity index (χ3n) is 6.02. The lowest BCUT2D eigenvalue weighted by Gasteiger charge is -2.11. The van der Waals surface area contributed by atoms with Crippen LogP contribution in [0, 0.1) is 0 Å². The number of unbranched alkanes of at least 4 members (excludes halogenated alkanes) is 1. The molecule has 0 bridgehead atoms. The average molecular weight is 529 g/mol. The Morgan fingerprint density at radius 1 is 1.03 bits per heavy atom. The van der Waals surface area contributed by atoms with Crippen molar-refractivity contribution in [3.8, 4) is 17.1 Å². The fourth-order valence-electron chi connectivity index (χ4n) is 3.99. The van der Waals surface area contributed by atoms with Gasteiger partial charge in [0.2, 0.25) is 10.0 Å². The normalized spacial score (nSPS) is 12.1. The van der Waals surface area contributed by atoms with Crippen LogP contribution in [-0.4, -0.2) is 58.2 Å². The van der Waals surface area contributed by atoms with Crippen LogP contribution in [0.2, 0.25) is 0 Å². The summed E-state index contributed by atoms with van der Waals surface area (Å²) in [5, 5.41) is 9.83. The second-order valence-corrected chi connectivity index (χ2v) is 11.6. The van der Waals surface area contributed by atoms with E-state index in [9.17, 15) is 8.42 Å². The van der Waals surface area contributed by atoms with Gasteiger partial charge in [-0.2, -0.15) is 0 Å². The Hall–Kier alpha value is -2.89. The first-order valence-corrected chi connectivity index (χ1v) is 14.3. The van der Waals surface area contributed by atoms with Gasteiger partial charge in [0.15, 0.2) is 11.0 Å². The van der Waals surface area contributed by atoms with E-state index in [-0.39, 0.29) is 4.90 Å². The van der Waals surface area contributed by atoms with E-state index in [2.05, 4.69) is 33.2 Å². The van der Waals surface area contributed by atoms with Crippen LogP contribution in [0.5, 0.6) is 5.75 Å². The molecule has 0 N–H and O–H groups in total. The smallest absolute Gasteiger partial charge is 0.242 e. The molecule has 192 valence electrons. The second kappa shape index (κ2) is 11.0. The molecule has 0 saturated heterocycles. The largest absolute Gasteiger partial charge is 0.497 e. The number of aromatic nitrogens is 5. The van der Waals surface area contributed by atoms with E-state index in [1.807, 2.05) is 30.3 Å². The number of aryl methyl sites for hydroxylation is 1. The zero-order chi connectivity index (χ0) is 25.9. The molecule has 0 amide bonds. The van der Waals surface area contributed by atoms with Gasteiger partial charge in [-0.25, -0.2) is 17.7 Å². The van der Waals surface area contributed by atoms with Crippen molar-refractivity contribution in [1.29, 1.82) is 0 Å². The average Bonchev–Trinajstić information content (AvgIpc) is 3.45. The molecule has 11 heteroatoms. The Labute approximate surface area is 216 Å². The third-order valence-corrected chi connectivity index (χ3v) is 8.80. The second-order valence-electron chi connectivity index (χ2n) is 8.54. The Morgan fingerprint density at radius 2 is 1.78 bits per heavy atom. The summed E-state index contributed by atoms with van der Waals surface area (Å²) in [4.78, 5) is 5.04. The monoisotopic (exact) mass is 528 g/mol. The molecule has 0 aliphatic rings. The van der Waals surface area contributed by atoms with E-state index in [1.165, 1.54) is 18.4 Å². The number of benzene rings is 2. The molecular weight excluding hydrogens is 496 g/mol. The van der Waals surface area contributed by atoms with Crippen molar-refractivity contribution in [3.05, 3.63) is 48.3 Å². The molecule has 4 aromatic rings. The highest BCUT2D eigenvalue weighted by Gasteiger charge is 2.20. The number of rotatable bonds is 11. The van der Waals surface area contributed by atoms with Crippen molar-refractivity contribution in [2.24, 2.45) is 0 Å². The summed E-state index contributed by atoms with van der Waals surface area (Å²) in [6.07, 6.45) is 2.08. The van der Waals surface area contributed by atoms with Gasteiger partial charge in [0.05, 0.1) is 28.8 Å². The minimum absolute atomic E-state index is 0.239. The molecule has 0 atom stereocenters. The number of thioether (sulfide) groups is 1. The first-order valence-electron chi connectivity index (χ1n) is 11.9. The molecule has 0 spiro atoms. The van der Waals surface area contributed by atoms with Crippen LogP contribution in [0.4, 0.5) is 0 Å². The van der Waals surface area contributed by atoms with E-state index in [4.69, 9.17) is 9.72 Å². The summed E-state index contributed by atoms with van der Waals surface area (Å²) in [7, 11) is 1.18. The summed E-state index contributed by atoms with van der Waals surface area (Å²) in [6, 6.07) is 13.0. The summed E-state index contributed by atoms with van der Waals surface area (Å²) >= 11 is 1.59. The molecule has 0 radical (unpaired) electrons. The van der Waals surface area contributed by atoms with Crippen molar-refractivity contribution >= 4 is 32.8 Å². The predicted octanol–water partition coefficient (Wildman–Crippen LogP) is 4.67. The molecule has 0 aliphatic carbocycles. The highest BCUT2D eigenvalue weighted by atomic mass is 32.2. The van der Waals surface area contributed by atoms with Crippen LogP contribution in [0.25, 0.3) is 22.4 Å². The molecule has 0 unspecified atom stereocenters. The minimum Gasteiger partial charge on any atom is -0.497 e. The lowest BCUT2D eigenvalue weighted by atomic mass is 10.2. The fourth-order valence-corrected chi connectivity index (χ4v) is 5.82. The number of imidazole rings is 1. The van der Waals surface area contributed by atoms with Gasteiger partial charge in [-0.15, -0.1) is 10.2 Å². The number of nitrogens with zero attached hydrogens (tertiary/aromatic N) is 6. The first-order chi connectivity index (χ1) is 17.3. The van der Waals surface area contributed by atoms with Gasteiger partial charge >= 0.3 is 0 Å². The number of sulfonamides is 1. The van der Waals surface area contributed by atoms with E-state index in [0.29, 0.717) is 11.3 Å². The van der Waals surface area contributed by atoms with Gasteiger partial charge in [0, 0.05) is 32.7 Å².